The second-order valence-electron chi connectivity index (χ2n) is 4.57. The molecule has 7 heteroatoms. The number of fused-ring (bicyclic) bond motifs is 1. The lowest BCUT2D eigenvalue weighted by molar-refractivity contribution is -0.116. The molecule has 4 N–H and O–H groups in total. The lowest BCUT2D eigenvalue weighted by Crippen LogP contribution is -2.31. The molecule has 1 aromatic heterocycles. The molecule has 102 valence electrons. The van der Waals surface area contributed by atoms with Crippen LogP contribution in [0.4, 0.5) is 11.8 Å². The molecule has 3 rings (SSSR count). The van der Waals surface area contributed by atoms with Gasteiger partial charge in [0.2, 0.25) is 11.9 Å². The Morgan fingerprint density at radius 1 is 1.25 bits per heavy atom. The van der Waals surface area contributed by atoms with Crippen LogP contribution in [0.5, 0.6) is 0 Å². The highest BCUT2D eigenvalue weighted by Gasteiger charge is 2.30. The van der Waals surface area contributed by atoms with Gasteiger partial charge in [0.25, 0.3) is 5.56 Å². The van der Waals surface area contributed by atoms with Crippen LogP contribution >= 0.6 is 11.6 Å². The number of anilines is 2. The molecule has 1 aliphatic heterocycles. The van der Waals surface area contributed by atoms with E-state index in [9.17, 15) is 9.59 Å². The van der Waals surface area contributed by atoms with Crippen molar-refractivity contribution in [2.75, 3.05) is 11.1 Å². The van der Waals surface area contributed by atoms with Crippen molar-refractivity contribution < 1.29 is 4.79 Å². The van der Waals surface area contributed by atoms with Gasteiger partial charge in [0.1, 0.15) is 5.82 Å². The molecular formula is C13H11ClN4O2. The molecule has 1 amide bonds. The summed E-state index contributed by atoms with van der Waals surface area (Å²) < 4.78 is 0. The molecule has 1 aromatic carbocycles. The molecule has 2 aromatic rings. The fourth-order valence-corrected chi connectivity index (χ4v) is 2.49. The first-order valence-corrected chi connectivity index (χ1v) is 6.37. The number of H-pyrrole nitrogens is 1. The van der Waals surface area contributed by atoms with Crippen molar-refractivity contribution >= 4 is 29.3 Å². The van der Waals surface area contributed by atoms with Crippen LogP contribution in [-0.2, 0) is 4.79 Å². The van der Waals surface area contributed by atoms with E-state index in [0.717, 1.165) is 5.56 Å². The summed E-state index contributed by atoms with van der Waals surface area (Å²) in [7, 11) is 0. The molecular weight excluding hydrogens is 280 g/mol. The van der Waals surface area contributed by atoms with E-state index in [0.29, 0.717) is 10.6 Å². The van der Waals surface area contributed by atoms with Crippen LogP contribution in [0.25, 0.3) is 0 Å². The molecule has 0 saturated heterocycles. The maximum absolute atomic E-state index is 12.1. The SMILES string of the molecule is Nc1nc2c(c(=O)[nH]1)[C@@H](c1ccc(Cl)cc1)CC(=O)N2. The zero-order valence-electron chi connectivity index (χ0n) is 10.3. The van der Waals surface area contributed by atoms with Gasteiger partial charge >= 0.3 is 0 Å². The lowest BCUT2D eigenvalue weighted by atomic mass is 9.87. The van der Waals surface area contributed by atoms with Crippen molar-refractivity contribution in [3.8, 4) is 0 Å². The number of rotatable bonds is 1. The monoisotopic (exact) mass is 290 g/mol. The molecule has 0 aliphatic carbocycles. The first kappa shape index (κ1) is 12.7. The minimum absolute atomic E-state index is 0.0224. The number of nitrogen functional groups attached to an aromatic ring is 1. The number of hydrogen-bond acceptors (Lipinski definition) is 4. The predicted octanol–water partition coefficient (Wildman–Crippen LogP) is 1.48. The van der Waals surface area contributed by atoms with Crippen molar-refractivity contribution in [3.05, 3.63) is 50.8 Å². The van der Waals surface area contributed by atoms with Gasteiger partial charge in [0.15, 0.2) is 0 Å². The summed E-state index contributed by atoms with van der Waals surface area (Å²) in [5, 5.41) is 3.17. The second-order valence-corrected chi connectivity index (χ2v) is 5.01. The number of aromatic nitrogens is 2. The third kappa shape index (κ3) is 2.14. The number of halogens is 1. The Balaban J connectivity index is 2.17. The number of nitrogens with two attached hydrogens (primary N) is 1. The summed E-state index contributed by atoms with van der Waals surface area (Å²) in [6.45, 7) is 0. The fourth-order valence-electron chi connectivity index (χ4n) is 2.37. The normalized spacial score (nSPS) is 17.4. The van der Waals surface area contributed by atoms with Crippen molar-refractivity contribution in [1.82, 2.24) is 9.97 Å². The smallest absolute Gasteiger partial charge is 0.258 e. The summed E-state index contributed by atoms with van der Waals surface area (Å²) in [6.07, 6.45) is 0.184. The van der Waals surface area contributed by atoms with Crippen LogP contribution in [0.2, 0.25) is 5.02 Å². The van der Waals surface area contributed by atoms with Gasteiger partial charge in [-0.05, 0) is 17.7 Å². The number of aromatic amines is 1. The molecule has 2 heterocycles. The number of carbonyl (C=O) groups excluding carboxylic acids is 1. The quantitative estimate of drug-likeness (QED) is 0.740. The number of hydrogen-bond donors (Lipinski definition) is 3. The van der Waals surface area contributed by atoms with E-state index >= 15 is 0 Å². The van der Waals surface area contributed by atoms with Crippen LogP contribution in [0.3, 0.4) is 0 Å². The van der Waals surface area contributed by atoms with E-state index in [4.69, 9.17) is 17.3 Å². The number of carbonyl (C=O) groups is 1. The Hall–Kier alpha value is -2.34. The average Bonchev–Trinajstić information content (AvgIpc) is 2.37. The molecule has 0 radical (unpaired) electrons. The van der Waals surface area contributed by atoms with Crippen molar-refractivity contribution in [2.24, 2.45) is 0 Å². The summed E-state index contributed by atoms with van der Waals surface area (Å²) in [4.78, 5) is 30.3. The Bertz CT molecular complexity index is 739. The molecule has 1 atom stereocenters. The molecule has 1 aliphatic rings. The zero-order chi connectivity index (χ0) is 14.3. The summed E-state index contributed by atoms with van der Waals surface area (Å²) in [6, 6.07) is 7.04. The van der Waals surface area contributed by atoms with Crippen LogP contribution in [0.15, 0.2) is 29.1 Å². The van der Waals surface area contributed by atoms with Gasteiger partial charge < -0.3 is 11.1 Å². The fraction of sp³-hybridized carbons (Fsp3) is 0.154. The number of amides is 1. The molecule has 0 unspecified atom stereocenters. The predicted molar refractivity (Wildman–Crippen MR) is 75.8 cm³/mol. The molecule has 0 spiro atoms. The Morgan fingerprint density at radius 3 is 2.65 bits per heavy atom. The third-order valence-corrected chi connectivity index (χ3v) is 3.49. The largest absolute Gasteiger partial charge is 0.369 e. The maximum atomic E-state index is 12.1. The van der Waals surface area contributed by atoms with Crippen molar-refractivity contribution in [2.45, 2.75) is 12.3 Å². The molecule has 20 heavy (non-hydrogen) atoms. The summed E-state index contributed by atoms with van der Waals surface area (Å²) in [5.41, 5.74) is 6.41. The van der Waals surface area contributed by atoms with Gasteiger partial charge in [-0.15, -0.1) is 0 Å². The van der Waals surface area contributed by atoms with Crippen LogP contribution in [-0.4, -0.2) is 15.9 Å². The number of nitrogens with zero attached hydrogens (tertiary/aromatic N) is 1. The van der Waals surface area contributed by atoms with Gasteiger partial charge in [0.05, 0.1) is 5.56 Å². The Kier molecular flexibility index (Phi) is 2.94. The molecule has 6 nitrogen and oxygen atoms in total. The van der Waals surface area contributed by atoms with Crippen LogP contribution < -0.4 is 16.6 Å². The van der Waals surface area contributed by atoms with Crippen molar-refractivity contribution in [1.29, 1.82) is 0 Å². The van der Waals surface area contributed by atoms with E-state index in [2.05, 4.69) is 15.3 Å². The maximum Gasteiger partial charge on any atom is 0.258 e. The summed E-state index contributed by atoms with van der Waals surface area (Å²) in [5.74, 6) is -0.351. The van der Waals surface area contributed by atoms with Crippen LogP contribution in [0.1, 0.15) is 23.5 Å². The van der Waals surface area contributed by atoms with E-state index in [-0.39, 0.29) is 35.6 Å². The first-order chi connectivity index (χ1) is 9.54. The summed E-state index contributed by atoms with van der Waals surface area (Å²) >= 11 is 5.86. The standard InChI is InChI=1S/C13H11ClN4O2/c14-7-3-1-6(2-4-7)8-5-9(19)16-11-10(8)12(20)18-13(15)17-11/h1-4,8H,5H2,(H4,15,16,17,18,19,20)/t8-/m1/s1. The highest BCUT2D eigenvalue weighted by atomic mass is 35.5. The van der Waals surface area contributed by atoms with Crippen LogP contribution in [0, 0.1) is 0 Å². The second kappa shape index (κ2) is 4.64. The van der Waals surface area contributed by atoms with Crippen molar-refractivity contribution in [3.63, 3.8) is 0 Å². The van der Waals surface area contributed by atoms with Gasteiger partial charge in [-0.3, -0.25) is 14.6 Å². The molecule has 0 saturated carbocycles. The van der Waals surface area contributed by atoms with E-state index in [1.165, 1.54) is 0 Å². The van der Waals surface area contributed by atoms with Gasteiger partial charge in [-0.25, -0.2) is 0 Å². The third-order valence-electron chi connectivity index (χ3n) is 3.24. The highest BCUT2D eigenvalue weighted by molar-refractivity contribution is 6.30. The van der Waals surface area contributed by atoms with Gasteiger partial charge in [-0.1, -0.05) is 23.7 Å². The lowest BCUT2D eigenvalue weighted by Gasteiger charge is -2.24. The molecule has 0 fully saturated rings. The zero-order valence-corrected chi connectivity index (χ0v) is 11.1. The Labute approximate surface area is 119 Å². The van der Waals surface area contributed by atoms with E-state index in [1.807, 2.05) is 0 Å². The van der Waals surface area contributed by atoms with E-state index < -0.39 is 0 Å². The molecule has 0 bridgehead atoms. The minimum Gasteiger partial charge on any atom is -0.369 e. The number of benzene rings is 1. The first-order valence-electron chi connectivity index (χ1n) is 5.99. The van der Waals surface area contributed by atoms with Gasteiger partial charge in [-0.2, -0.15) is 4.98 Å². The Morgan fingerprint density at radius 2 is 1.95 bits per heavy atom. The highest BCUT2D eigenvalue weighted by Crippen LogP contribution is 2.34. The van der Waals surface area contributed by atoms with E-state index in [1.54, 1.807) is 24.3 Å². The average molecular weight is 291 g/mol. The number of nitrogens with one attached hydrogen (secondary N) is 2. The minimum atomic E-state index is -0.354. The van der Waals surface area contributed by atoms with Gasteiger partial charge in [0, 0.05) is 17.4 Å². The topological polar surface area (TPSA) is 101 Å².